The quantitative estimate of drug-likeness (QED) is 0.292. The van der Waals surface area contributed by atoms with Crippen molar-refractivity contribution in [2.24, 2.45) is 0 Å². The number of ether oxygens (including phenoxy) is 1. The maximum atomic E-state index is 10.8. The van der Waals surface area contributed by atoms with Gasteiger partial charge < -0.3 is 10.1 Å². The average molecular weight is 190 g/mol. The van der Waals surface area contributed by atoms with Gasteiger partial charge >= 0.3 is 5.97 Å². The molecule has 0 saturated carbocycles. The number of esters is 1. The second-order valence-electron chi connectivity index (χ2n) is 2.20. The first-order valence-electron chi connectivity index (χ1n) is 3.48. The van der Waals surface area contributed by atoms with Gasteiger partial charge in [-0.3, -0.25) is 4.79 Å². The zero-order valence-electron chi connectivity index (χ0n) is 6.46. The van der Waals surface area contributed by atoms with Gasteiger partial charge in [0.05, 0.1) is 12.3 Å². The van der Waals surface area contributed by atoms with Crippen LogP contribution in [0.1, 0.15) is 6.92 Å². The number of amides is 1. The summed E-state index contributed by atoms with van der Waals surface area (Å²) >= 11 is 5.52. The molecule has 0 radical (unpaired) electrons. The van der Waals surface area contributed by atoms with Crippen molar-refractivity contribution >= 4 is 23.5 Å². The lowest BCUT2D eigenvalue weighted by Crippen LogP contribution is -2.47. The smallest absolute Gasteiger partial charge is 0.332 e. The van der Waals surface area contributed by atoms with Gasteiger partial charge in [-0.1, -0.05) is 0 Å². The number of hydrogen-bond acceptors (Lipinski definition) is 3. The van der Waals surface area contributed by atoms with E-state index in [-0.39, 0.29) is 5.91 Å². The number of halogens is 1. The molecule has 0 aliphatic carbocycles. The van der Waals surface area contributed by atoms with Gasteiger partial charge in [0.2, 0.25) is 5.91 Å². The van der Waals surface area contributed by atoms with Crippen LogP contribution in [0, 0.1) is 0 Å². The maximum absolute atomic E-state index is 10.8. The number of hydrogen-bond donors (Lipinski definition) is 1. The van der Waals surface area contributed by atoms with E-state index in [0.717, 1.165) is 0 Å². The average Bonchev–Trinajstić information content (AvgIpc) is 2.04. The van der Waals surface area contributed by atoms with Gasteiger partial charge in [0, 0.05) is 6.08 Å². The minimum absolute atomic E-state index is 0.285. The van der Waals surface area contributed by atoms with Crippen LogP contribution in [0.4, 0.5) is 0 Å². The molecule has 5 heteroatoms. The van der Waals surface area contributed by atoms with Gasteiger partial charge in [-0.15, -0.1) is 11.6 Å². The molecule has 12 heavy (non-hydrogen) atoms. The van der Waals surface area contributed by atoms with Gasteiger partial charge in [-0.25, -0.2) is 4.79 Å². The van der Waals surface area contributed by atoms with Crippen LogP contribution in [-0.2, 0) is 14.3 Å². The fraction of sp³-hybridized carbons (Fsp3) is 0.429. The maximum Gasteiger partial charge on any atom is 0.332 e. The Morgan fingerprint density at radius 2 is 2.50 bits per heavy atom. The standard InChI is InChI=1S/C7H8ClNO3/c1-2-12-5(10)3-4-6(8)7(11)9-4/h3,6H,2H2,1H3,(H,9,11)/b4-3-. The fourth-order valence-electron chi connectivity index (χ4n) is 0.753. The highest BCUT2D eigenvalue weighted by Gasteiger charge is 2.32. The molecule has 1 fully saturated rings. The molecular formula is C7H8ClNO3. The third kappa shape index (κ3) is 1.76. The van der Waals surface area contributed by atoms with Crippen molar-refractivity contribution in [2.75, 3.05) is 6.61 Å². The second kappa shape index (κ2) is 3.58. The van der Waals surface area contributed by atoms with E-state index in [0.29, 0.717) is 12.3 Å². The van der Waals surface area contributed by atoms with E-state index in [2.05, 4.69) is 10.1 Å². The first kappa shape index (κ1) is 9.06. The minimum Gasteiger partial charge on any atom is -0.463 e. The monoisotopic (exact) mass is 189 g/mol. The molecule has 0 aromatic carbocycles. The summed E-state index contributed by atoms with van der Waals surface area (Å²) in [5.74, 6) is -0.773. The van der Waals surface area contributed by atoms with E-state index in [9.17, 15) is 9.59 Å². The van der Waals surface area contributed by atoms with Crippen molar-refractivity contribution in [1.29, 1.82) is 0 Å². The van der Waals surface area contributed by atoms with E-state index in [1.54, 1.807) is 6.92 Å². The Morgan fingerprint density at radius 1 is 1.83 bits per heavy atom. The number of alkyl halides is 1. The minimum atomic E-state index is -0.714. The number of nitrogens with one attached hydrogen (secondary N) is 1. The molecule has 1 unspecified atom stereocenters. The zero-order chi connectivity index (χ0) is 9.14. The molecule has 4 nitrogen and oxygen atoms in total. The zero-order valence-corrected chi connectivity index (χ0v) is 7.22. The fourth-order valence-corrected chi connectivity index (χ4v) is 0.925. The highest BCUT2D eigenvalue weighted by Crippen LogP contribution is 2.16. The van der Waals surface area contributed by atoms with E-state index in [1.165, 1.54) is 6.08 Å². The van der Waals surface area contributed by atoms with Crippen LogP contribution in [0.5, 0.6) is 0 Å². The number of carbonyl (C=O) groups excluding carboxylic acids is 2. The highest BCUT2D eigenvalue weighted by atomic mass is 35.5. The van der Waals surface area contributed by atoms with Gasteiger partial charge in [-0.2, -0.15) is 0 Å². The molecule has 66 valence electrons. The van der Waals surface area contributed by atoms with Crippen LogP contribution >= 0.6 is 11.6 Å². The lowest BCUT2D eigenvalue weighted by Gasteiger charge is -2.23. The molecule has 0 aromatic rings. The summed E-state index contributed by atoms with van der Waals surface area (Å²) in [7, 11) is 0. The van der Waals surface area contributed by atoms with Crippen molar-refractivity contribution in [3.05, 3.63) is 11.8 Å². The lowest BCUT2D eigenvalue weighted by atomic mass is 10.1. The van der Waals surface area contributed by atoms with Crippen molar-refractivity contribution in [1.82, 2.24) is 5.32 Å². The summed E-state index contributed by atoms with van der Waals surface area (Å²) in [5.41, 5.74) is 0.403. The number of carbonyl (C=O) groups is 2. The van der Waals surface area contributed by atoms with Crippen LogP contribution in [0.3, 0.4) is 0 Å². The largest absolute Gasteiger partial charge is 0.463 e. The summed E-state index contributed by atoms with van der Waals surface area (Å²) in [6, 6.07) is 0. The third-order valence-corrected chi connectivity index (χ3v) is 1.76. The van der Waals surface area contributed by atoms with E-state index >= 15 is 0 Å². The first-order chi connectivity index (χ1) is 5.65. The van der Waals surface area contributed by atoms with Crippen molar-refractivity contribution in [3.8, 4) is 0 Å². The summed E-state index contributed by atoms with van der Waals surface area (Å²) in [5, 5.41) is 1.66. The van der Waals surface area contributed by atoms with Gasteiger partial charge in [0.15, 0.2) is 5.38 Å². The van der Waals surface area contributed by atoms with Crippen LogP contribution in [0.15, 0.2) is 11.8 Å². The second-order valence-corrected chi connectivity index (χ2v) is 2.64. The van der Waals surface area contributed by atoms with Gasteiger partial charge in [0.1, 0.15) is 0 Å². The van der Waals surface area contributed by atoms with Crippen molar-refractivity contribution in [2.45, 2.75) is 12.3 Å². The van der Waals surface area contributed by atoms with Crippen LogP contribution in [0.25, 0.3) is 0 Å². The molecule has 0 aromatic heterocycles. The normalized spacial score (nSPS) is 24.7. The molecule has 1 N–H and O–H groups in total. The molecule has 1 atom stereocenters. The Kier molecular flexibility index (Phi) is 2.70. The third-order valence-electron chi connectivity index (χ3n) is 1.33. The van der Waals surface area contributed by atoms with Crippen molar-refractivity contribution < 1.29 is 14.3 Å². The number of β-lactam (4-membered cyclic amide) rings is 1. The molecule has 1 saturated heterocycles. The molecule has 0 spiro atoms. The Hall–Kier alpha value is -1.03. The Labute approximate surface area is 74.5 Å². The molecule has 1 aliphatic rings. The molecular weight excluding hydrogens is 182 g/mol. The van der Waals surface area contributed by atoms with Crippen LogP contribution in [-0.4, -0.2) is 23.9 Å². The number of rotatable bonds is 2. The van der Waals surface area contributed by atoms with Gasteiger partial charge in [-0.05, 0) is 6.92 Å². The lowest BCUT2D eigenvalue weighted by molar-refractivity contribution is -0.137. The molecule has 0 bridgehead atoms. The summed E-state index contributed by atoms with van der Waals surface area (Å²) in [6.07, 6.45) is 1.18. The van der Waals surface area contributed by atoms with Crippen LogP contribution < -0.4 is 5.32 Å². The highest BCUT2D eigenvalue weighted by molar-refractivity contribution is 6.36. The Morgan fingerprint density at radius 3 is 2.92 bits per heavy atom. The Bertz CT molecular complexity index is 249. The van der Waals surface area contributed by atoms with Crippen LogP contribution in [0.2, 0.25) is 0 Å². The van der Waals surface area contributed by atoms with E-state index in [1.807, 2.05) is 0 Å². The summed E-state index contributed by atoms with van der Waals surface area (Å²) in [4.78, 5) is 21.3. The predicted molar refractivity (Wildman–Crippen MR) is 42.5 cm³/mol. The molecule has 1 heterocycles. The molecule has 1 aliphatic heterocycles. The summed E-state index contributed by atoms with van der Waals surface area (Å²) in [6.45, 7) is 2.01. The van der Waals surface area contributed by atoms with E-state index in [4.69, 9.17) is 11.6 Å². The Balaban J connectivity index is 2.48. The molecule has 1 rings (SSSR count). The SMILES string of the molecule is CCOC(=O)/C=C1\NC(=O)C1Cl. The predicted octanol–water partition coefficient (Wildman–Crippen LogP) is 0.171. The summed E-state index contributed by atoms with van der Waals surface area (Å²) < 4.78 is 4.61. The molecule has 1 amide bonds. The van der Waals surface area contributed by atoms with E-state index < -0.39 is 11.3 Å². The van der Waals surface area contributed by atoms with Gasteiger partial charge in [0.25, 0.3) is 0 Å². The first-order valence-corrected chi connectivity index (χ1v) is 3.92. The van der Waals surface area contributed by atoms with Crippen molar-refractivity contribution in [3.63, 3.8) is 0 Å². The topological polar surface area (TPSA) is 55.4 Å².